The third-order valence-electron chi connectivity index (χ3n) is 1.70. The first-order chi connectivity index (χ1) is 6.50. The van der Waals surface area contributed by atoms with E-state index in [2.05, 4.69) is 4.98 Å². The van der Waals surface area contributed by atoms with Crippen LogP contribution in [0.5, 0.6) is 5.75 Å². The predicted octanol–water partition coefficient (Wildman–Crippen LogP) is 1.46. The van der Waals surface area contributed by atoms with Gasteiger partial charge in [-0.05, 0) is 12.1 Å². The standard InChI is InChI=1S/C7H4ClNO4S/c8-14(11,12)5-2-1-4-7(6(5)10)13-3-9-4/h1-3,10H. The summed E-state index contributed by atoms with van der Waals surface area (Å²) in [4.78, 5) is 3.35. The van der Waals surface area contributed by atoms with E-state index in [0.29, 0.717) is 5.52 Å². The molecule has 0 fully saturated rings. The van der Waals surface area contributed by atoms with Crippen molar-refractivity contribution in [3.8, 4) is 5.75 Å². The van der Waals surface area contributed by atoms with Crippen LogP contribution in [-0.2, 0) is 9.05 Å². The first-order valence-electron chi connectivity index (χ1n) is 3.50. The summed E-state index contributed by atoms with van der Waals surface area (Å²) in [6.45, 7) is 0. The van der Waals surface area contributed by atoms with E-state index in [1.807, 2.05) is 0 Å². The number of nitrogens with zero attached hydrogens (tertiary/aromatic N) is 1. The zero-order chi connectivity index (χ0) is 10.3. The number of fused-ring (bicyclic) bond motifs is 1. The molecule has 0 aliphatic heterocycles. The number of hydrogen-bond donors (Lipinski definition) is 1. The van der Waals surface area contributed by atoms with Crippen LogP contribution in [0.3, 0.4) is 0 Å². The Labute approximate surface area is 83.4 Å². The second-order valence-electron chi connectivity index (χ2n) is 2.55. The Morgan fingerprint density at radius 3 is 2.79 bits per heavy atom. The topological polar surface area (TPSA) is 80.4 Å². The van der Waals surface area contributed by atoms with Crippen molar-refractivity contribution in [3.05, 3.63) is 18.5 Å². The van der Waals surface area contributed by atoms with Gasteiger partial charge in [0, 0.05) is 10.7 Å². The molecule has 1 aromatic heterocycles. The van der Waals surface area contributed by atoms with Crippen molar-refractivity contribution in [2.24, 2.45) is 0 Å². The molecule has 0 spiro atoms. The molecule has 0 amide bonds. The smallest absolute Gasteiger partial charge is 0.265 e. The lowest BCUT2D eigenvalue weighted by Gasteiger charge is -1.98. The lowest BCUT2D eigenvalue weighted by Crippen LogP contribution is -1.90. The summed E-state index contributed by atoms with van der Waals surface area (Å²) in [5.41, 5.74) is 0.373. The van der Waals surface area contributed by atoms with Crippen LogP contribution in [0, 0.1) is 0 Å². The summed E-state index contributed by atoms with van der Waals surface area (Å²) < 4.78 is 26.7. The molecule has 2 aromatic rings. The van der Waals surface area contributed by atoms with Gasteiger partial charge in [0.15, 0.2) is 17.7 Å². The summed E-state index contributed by atoms with van der Waals surface area (Å²) in [5, 5.41) is 9.48. The molecule has 1 aromatic carbocycles. The number of hydrogen-bond acceptors (Lipinski definition) is 5. The average molecular weight is 234 g/mol. The number of aromatic nitrogens is 1. The van der Waals surface area contributed by atoms with E-state index in [9.17, 15) is 13.5 Å². The van der Waals surface area contributed by atoms with Gasteiger partial charge in [0.05, 0.1) is 0 Å². The lowest BCUT2D eigenvalue weighted by atomic mass is 10.3. The molecule has 14 heavy (non-hydrogen) atoms. The minimum atomic E-state index is -3.97. The third-order valence-corrected chi connectivity index (χ3v) is 3.05. The fraction of sp³-hybridized carbons (Fsp3) is 0. The molecule has 0 atom stereocenters. The van der Waals surface area contributed by atoms with Crippen molar-refractivity contribution in [3.63, 3.8) is 0 Å². The van der Waals surface area contributed by atoms with E-state index < -0.39 is 14.8 Å². The molecule has 74 valence electrons. The molecule has 0 unspecified atom stereocenters. The van der Waals surface area contributed by atoms with Gasteiger partial charge in [0.25, 0.3) is 9.05 Å². The van der Waals surface area contributed by atoms with Crippen LogP contribution in [0.4, 0.5) is 0 Å². The van der Waals surface area contributed by atoms with Gasteiger partial charge in [0.1, 0.15) is 10.4 Å². The van der Waals surface area contributed by atoms with Gasteiger partial charge in [-0.25, -0.2) is 13.4 Å². The van der Waals surface area contributed by atoms with Crippen LogP contribution in [0.25, 0.3) is 11.1 Å². The SMILES string of the molecule is O=S(=O)(Cl)c1ccc2ncoc2c1O. The summed E-state index contributed by atoms with van der Waals surface area (Å²) in [6, 6.07) is 2.57. The number of rotatable bonds is 1. The van der Waals surface area contributed by atoms with Crippen molar-refractivity contribution >= 4 is 30.8 Å². The van der Waals surface area contributed by atoms with Gasteiger partial charge in [-0.15, -0.1) is 0 Å². The molecule has 0 aliphatic carbocycles. The van der Waals surface area contributed by atoms with Crippen molar-refractivity contribution in [2.75, 3.05) is 0 Å². The van der Waals surface area contributed by atoms with Gasteiger partial charge in [-0.3, -0.25) is 0 Å². The van der Waals surface area contributed by atoms with E-state index in [-0.39, 0.29) is 10.5 Å². The van der Waals surface area contributed by atoms with Crippen LogP contribution in [0.15, 0.2) is 27.8 Å². The summed E-state index contributed by atoms with van der Waals surface area (Å²) >= 11 is 0. The number of phenols is 1. The van der Waals surface area contributed by atoms with Gasteiger partial charge in [-0.2, -0.15) is 0 Å². The van der Waals surface area contributed by atoms with Gasteiger partial charge in [-0.1, -0.05) is 0 Å². The molecule has 0 saturated heterocycles. The Morgan fingerprint density at radius 1 is 1.43 bits per heavy atom. The quantitative estimate of drug-likeness (QED) is 0.755. The minimum Gasteiger partial charge on any atom is -0.503 e. The Balaban J connectivity index is 2.88. The van der Waals surface area contributed by atoms with Crippen molar-refractivity contribution < 1.29 is 17.9 Å². The highest BCUT2D eigenvalue weighted by atomic mass is 35.7. The van der Waals surface area contributed by atoms with E-state index in [1.54, 1.807) is 0 Å². The first-order valence-corrected chi connectivity index (χ1v) is 5.81. The molecule has 0 bridgehead atoms. The van der Waals surface area contributed by atoms with Gasteiger partial charge >= 0.3 is 0 Å². The molecule has 0 radical (unpaired) electrons. The monoisotopic (exact) mass is 233 g/mol. The Kier molecular flexibility index (Phi) is 1.90. The van der Waals surface area contributed by atoms with E-state index in [0.717, 1.165) is 6.39 Å². The van der Waals surface area contributed by atoms with E-state index in [4.69, 9.17) is 15.1 Å². The molecule has 1 N–H and O–H groups in total. The highest BCUT2D eigenvalue weighted by Gasteiger charge is 2.19. The summed E-state index contributed by atoms with van der Waals surface area (Å²) in [7, 11) is 1.11. The second kappa shape index (κ2) is 2.86. The van der Waals surface area contributed by atoms with Crippen LogP contribution >= 0.6 is 10.7 Å². The normalized spacial score (nSPS) is 12.1. The lowest BCUT2D eigenvalue weighted by molar-refractivity contribution is 0.450. The molecular formula is C7H4ClNO4S. The molecule has 1 heterocycles. The zero-order valence-electron chi connectivity index (χ0n) is 6.64. The largest absolute Gasteiger partial charge is 0.503 e. The number of halogens is 1. The molecule has 0 aliphatic rings. The number of benzene rings is 1. The number of aromatic hydroxyl groups is 1. The molecule has 7 heteroatoms. The Hall–Kier alpha value is -1.27. The Bertz CT molecular complexity index is 589. The maximum atomic E-state index is 11.0. The van der Waals surface area contributed by atoms with Gasteiger partial charge in [0.2, 0.25) is 0 Å². The first kappa shape index (κ1) is 9.29. The van der Waals surface area contributed by atoms with Crippen molar-refractivity contribution in [1.29, 1.82) is 0 Å². The number of oxazole rings is 1. The van der Waals surface area contributed by atoms with Gasteiger partial charge < -0.3 is 9.52 Å². The fourth-order valence-corrected chi connectivity index (χ4v) is 2.02. The van der Waals surface area contributed by atoms with Crippen LogP contribution in [-0.4, -0.2) is 18.5 Å². The minimum absolute atomic E-state index is 0.00623. The molecule has 2 rings (SSSR count). The third kappa shape index (κ3) is 1.32. The van der Waals surface area contributed by atoms with Crippen LogP contribution in [0.2, 0.25) is 0 Å². The van der Waals surface area contributed by atoms with E-state index >= 15 is 0 Å². The molecule has 0 saturated carbocycles. The van der Waals surface area contributed by atoms with E-state index in [1.165, 1.54) is 12.1 Å². The molecular weight excluding hydrogens is 230 g/mol. The van der Waals surface area contributed by atoms with Crippen molar-refractivity contribution in [2.45, 2.75) is 4.90 Å². The second-order valence-corrected chi connectivity index (χ2v) is 5.09. The summed E-state index contributed by atoms with van der Waals surface area (Å²) in [5.74, 6) is -0.519. The van der Waals surface area contributed by atoms with Crippen molar-refractivity contribution in [1.82, 2.24) is 4.98 Å². The Morgan fingerprint density at radius 2 is 2.14 bits per heavy atom. The predicted molar refractivity (Wildman–Crippen MR) is 48.7 cm³/mol. The highest BCUT2D eigenvalue weighted by molar-refractivity contribution is 8.13. The molecule has 5 nitrogen and oxygen atoms in total. The summed E-state index contributed by atoms with van der Waals surface area (Å²) in [6.07, 6.45) is 1.11. The maximum absolute atomic E-state index is 11.0. The zero-order valence-corrected chi connectivity index (χ0v) is 8.21. The number of phenolic OH excluding ortho intramolecular Hbond substituents is 1. The average Bonchev–Trinajstić information content (AvgIpc) is 2.50. The fourth-order valence-electron chi connectivity index (χ4n) is 1.09. The highest BCUT2D eigenvalue weighted by Crippen LogP contribution is 2.32. The maximum Gasteiger partial charge on any atom is 0.265 e. The van der Waals surface area contributed by atoms with Crippen LogP contribution < -0.4 is 0 Å². The van der Waals surface area contributed by atoms with Crippen LogP contribution in [0.1, 0.15) is 0 Å².